The van der Waals surface area contributed by atoms with Crippen LogP contribution in [-0.2, 0) is 9.59 Å². The van der Waals surface area contributed by atoms with Crippen LogP contribution < -0.4 is 5.73 Å². The van der Waals surface area contributed by atoms with Gasteiger partial charge in [0, 0.05) is 24.4 Å². The van der Waals surface area contributed by atoms with Gasteiger partial charge in [-0.2, -0.15) is 0 Å². The van der Waals surface area contributed by atoms with Crippen LogP contribution in [0, 0.1) is 0 Å². The van der Waals surface area contributed by atoms with E-state index in [1.54, 1.807) is 25.1 Å². The molecule has 0 spiro atoms. The van der Waals surface area contributed by atoms with Crippen molar-refractivity contribution < 1.29 is 14.7 Å². The normalized spacial score (nSPS) is 12.3. The molecule has 20 heavy (non-hydrogen) atoms. The van der Waals surface area contributed by atoms with E-state index in [2.05, 4.69) is 0 Å². The van der Waals surface area contributed by atoms with E-state index in [-0.39, 0.29) is 18.4 Å². The second kappa shape index (κ2) is 7.33. The number of carboxylic acid groups (broad SMARTS) is 1. The molecule has 5 nitrogen and oxygen atoms in total. The van der Waals surface area contributed by atoms with E-state index in [1.807, 2.05) is 19.1 Å². The molecule has 5 heteroatoms. The van der Waals surface area contributed by atoms with Gasteiger partial charge in [0.1, 0.15) is 0 Å². The van der Waals surface area contributed by atoms with Gasteiger partial charge in [-0.1, -0.05) is 12.1 Å². The fourth-order valence-corrected chi connectivity index (χ4v) is 1.97. The van der Waals surface area contributed by atoms with Crippen LogP contribution in [0.5, 0.6) is 0 Å². The maximum absolute atomic E-state index is 12.1. The van der Waals surface area contributed by atoms with Crippen molar-refractivity contribution in [1.29, 1.82) is 0 Å². The quantitative estimate of drug-likeness (QED) is 0.615. The third-order valence-corrected chi connectivity index (χ3v) is 2.95. The summed E-state index contributed by atoms with van der Waals surface area (Å²) in [6, 6.07) is 6.85. The van der Waals surface area contributed by atoms with Gasteiger partial charge < -0.3 is 15.7 Å². The van der Waals surface area contributed by atoms with Gasteiger partial charge in [0.15, 0.2) is 0 Å². The molecule has 108 valence electrons. The van der Waals surface area contributed by atoms with Crippen molar-refractivity contribution >= 4 is 23.6 Å². The lowest BCUT2D eigenvalue weighted by Crippen LogP contribution is -2.38. The van der Waals surface area contributed by atoms with E-state index in [0.717, 1.165) is 5.56 Å². The highest BCUT2D eigenvalue weighted by atomic mass is 16.4. The van der Waals surface area contributed by atoms with Crippen molar-refractivity contribution in [3.63, 3.8) is 0 Å². The molecule has 1 unspecified atom stereocenters. The Morgan fingerprint density at radius 2 is 2.15 bits per heavy atom. The first kappa shape index (κ1) is 15.8. The highest BCUT2D eigenvalue weighted by Crippen LogP contribution is 2.10. The SMILES string of the molecule is CCN(C(=O)/C=C/c1cccc(N)c1)C(C)CC(=O)O. The number of nitrogen functional groups attached to an aromatic ring is 1. The number of nitrogens with two attached hydrogens (primary N) is 1. The fraction of sp³-hybridized carbons (Fsp3) is 0.333. The van der Waals surface area contributed by atoms with Crippen LogP contribution in [0.15, 0.2) is 30.3 Å². The van der Waals surface area contributed by atoms with Crippen LogP contribution in [0.4, 0.5) is 5.69 Å². The lowest BCUT2D eigenvalue weighted by atomic mass is 10.1. The van der Waals surface area contributed by atoms with E-state index in [9.17, 15) is 9.59 Å². The number of carbonyl (C=O) groups is 2. The predicted molar refractivity (Wildman–Crippen MR) is 79.0 cm³/mol. The second-order valence-corrected chi connectivity index (χ2v) is 4.57. The van der Waals surface area contributed by atoms with Crippen LogP contribution in [-0.4, -0.2) is 34.5 Å². The molecule has 0 radical (unpaired) electrons. The molecule has 1 rings (SSSR count). The standard InChI is InChI=1S/C15H20N2O3/c1-3-17(11(2)9-15(19)20)14(18)8-7-12-5-4-6-13(16)10-12/h4-8,10-11H,3,9,16H2,1-2H3,(H,19,20)/b8-7+. The third kappa shape index (κ3) is 4.76. The Bertz CT molecular complexity index is 512. The fourth-order valence-electron chi connectivity index (χ4n) is 1.97. The number of carbonyl (C=O) groups excluding carboxylic acids is 1. The van der Waals surface area contributed by atoms with Gasteiger partial charge in [-0.25, -0.2) is 0 Å². The van der Waals surface area contributed by atoms with Crippen molar-refractivity contribution in [3.05, 3.63) is 35.9 Å². The van der Waals surface area contributed by atoms with E-state index in [0.29, 0.717) is 12.2 Å². The Balaban J connectivity index is 2.74. The Morgan fingerprint density at radius 1 is 1.45 bits per heavy atom. The molecular formula is C15H20N2O3. The minimum absolute atomic E-state index is 0.0638. The monoisotopic (exact) mass is 276 g/mol. The molecule has 0 saturated heterocycles. The summed E-state index contributed by atoms with van der Waals surface area (Å²) in [5, 5.41) is 8.78. The van der Waals surface area contributed by atoms with Crippen LogP contribution >= 0.6 is 0 Å². The summed E-state index contributed by atoms with van der Waals surface area (Å²) in [4.78, 5) is 24.3. The Labute approximate surface area is 118 Å². The zero-order chi connectivity index (χ0) is 15.1. The van der Waals surface area contributed by atoms with Crippen LogP contribution in [0.1, 0.15) is 25.8 Å². The largest absolute Gasteiger partial charge is 0.481 e. The topological polar surface area (TPSA) is 83.6 Å². The second-order valence-electron chi connectivity index (χ2n) is 4.57. The third-order valence-electron chi connectivity index (χ3n) is 2.95. The molecule has 0 aliphatic carbocycles. The molecule has 0 fully saturated rings. The van der Waals surface area contributed by atoms with Crippen molar-refractivity contribution in [2.24, 2.45) is 0 Å². The Hall–Kier alpha value is -2.30. The Morgan fingerprint density at radius 3 is 2.70 bits per heavy atom. The maximum atomic E-state index is 12.1. The first-order chi connectivity index (χ1) is 9.43. The number of amides is 1. The molecule has 0 aliphatic rings. The van der Waals surface area contributed by atoms with Gasteiger partial charge in [0.2, 0.25) is 5.91 Å². The number of benzene rings is 1. The molecule has 0 aliphatic heterocycles. The molecule has 0 saturated carbocycles. The number of carboxylic acids is 1. The van der Waals surface area contributed by atoms with Crippen molar-refractivity contribution in [1.82, 2.24) is 4.90 Å². The van der Waals surface area contributed by atoms with E-state index < -0.39 is 5.97 Å². The Kier molecular flexibility index (Phi) is 5.77. The molecule has 3 N–H and O–H groups in total. The van der Waals surface area contributed by atoms with Gasteiger partial charge in [0.05, 0.1) is 6.42 Å². The van der Waals surface area contributed by atoms with Gasteiger partial charge in [-0.05, 0) is 37.6 Å². The van der Waals surface area contributed by atoms with Crippen LogP contribution in [0.3, 0.4) is 0 Å². The first-order valence-electron chi connectivity index (χ1n) is 6.50. The van der Waals surface area contributed by atoms with E-state index >= 15 is 0 Å². The average Bonchev–Trinajstić information content (AvgIpc) is 2.36. The maximum Gasteiger partial charge on any atom is 0.305 e. The highest BCUT2D eigenvalue weighted by Gasteiger charge is 2.18. The average molecular weight is 276 g/mol. The molecule has 1 aromatic carbocycles. The van der Waals surface area contributed by atoms with Crippen molar-refractivity contribution in [2.75, 3.05) is 12.3 Å². The number of rotatable bonds is 6. The van der Waals surface area contributed by atoms with Crippen molar-refractivity contribution in [3.8, 4) is 0 Å². The first-order valence-corrected chi connectivity index (χ1v) is 6.50. The zero-order valence-electron chi connectivity index (χ0n) is 11.7. The van der Waals surface area contributed by atoms with Crippen LogP contribution in [0.2, 0.25) is 0 Å². The molecular weight excluding hydrogens is 256 g/mol. The molecule has 0 bridgehead atoms. The molecule has 0 aromatic heterocycles. The van der Waals surface area contributed by atoms with E-state index in [4.69, 9.17) is 10.8 Å². The van der Waals surface area contributed by atoms with Crippen LogP contribution in [0.25, 0.3) is 6.08 Å². The number of likely N-dealkylation sites (N-methyl/N-ethyl adjacent to an activating group) is 1. The molecule has 1 atom stereocenters. The van der Waals surface area contributed by atoms with Gasteiger partial charge >= 0.3 is 5.97 Å². The highest BCUT2D eigenvalue weighted by molar-refractivity contribution is 5.92. The summed E-state index contributed by atoms with van der Waals surface area (Å²) in [6.07, 6.45) is 3.05. The minimum Gasteiger partial charge on any atom is -0.481 e. The lowest BCUT2D eigenvalue weighted by Gasteiger charge is -2.25. The number of nitrogens with zero attached hydrogens (tertiary/aromatic N) is 1. The summed E-state index contributed by atoms with van der Waals surface area (Å²) in [6.45, 7) is 4.02. The smallest absolute Gasteiger partial charge is 0.305 e. The van der Waals surface area contributed by atoms with E-state index in [1.165, 1.54) is 11.0 Å². The summed E-state index contributed by atoms with van der Waals surface area (Å²) in [7, 11) is 0. The van der Waals surface area contributed by atoms with Crippen molar-refractivity contribution in [2.45, 2.75) is 26.3 Å². The summed E-state index contributed by atoms with van der Waals surface area (Å²) in [5.74, 6) is -1.12. The van der Waals surface area contributed by atoms with Gasteiger partial charge in [0.25, 0.3) is 0 Å². The summed E-state index contributed by atoms with van der Waals surface area (Å²) < 4.78 is 0. The summed E-state index contributed by atoms with van der Waals surface area (Å²) in [5.41, 5.74) is 7.12. The molecule has 1 amide bonds. The van der Waals surface area contributed by atoms with Gasteiger partial charge in [-0.15, -0.1) is 0 Å². The lowest BCUT2D eigenvalue weighted by molar-refractivity contribution is -0.139. The number of hydrogen-bond acceptors (Lipinski definition) is 3. The molecule has 0 heterocycles. The zero-order valence-corrected chi connectivity index (χ0v) is 11.7. The number of anilines is 1. The predicted octanol–water partition coefficient (Wildman–Crippen LogP) is 1.99. The number of aliphatic carboxylic acids is 1. The molecule has 1 aromatic rings. The van der Waals surface area contributed by atoms with Gasteiger partial charge in [-0.3, -0.25) is 9.59 Å². The summed E-state index contributed by atoms with van der Waals surface area (Å²) >= 11 is 0. The number of hydrogen-bond donors (Lipinski definition) is 2. The minimum atomic E-state index is -0.913.